The molecule has 0 aliphatic carbocycles. The van der Waals surface area contributed by atoms with Crippen molar-refractivity contribution in [2.24, 2.45) is 0 Å². The molecule has 0 bridgehead atoms. The van der Waals surface area contributed by atoms with Crippen molar-refractivity contribution in [2.45, 2.75) is 0 Å². The summed E-state index contributed by atoms with van der Waals surface area (Å²) in [6.07, 6.45) is 0. The molecule has 8 aromatic rings. The largest absolute Gasteiger partial charge is 0.0622 e. The van der Waals surface area contributed by atoms with Gasteiger partial charge in [0.2, 0.25) is 0 Å². The van der Waals surface area contributed by atoms with Crippen LogP contribution in [0.4, 0.5) is 0 Å². The molecule has 8 aromatic carbocycles. The second-order valence-corrected chi connectivity index (χ2v) is 10.5. The minimum atomic E-state index is 1.24. The van der Waals surface area contributed by atoms with E-state index in [0.717, 1.165) is 0 Å². The summed E-state index contributed by atoms with van der Waals surface area (Å²) in [5, 5.41) is 10.2. The van der Waals surface area contributed by atoms with Gasteiger partial charge in [-0.05, 0) is 94.7 Å². The smallest absolute Gasteiger partial charge is 0.00199 e. The van der Waals surface area contributed by atoms with Crippen molar-refractivity contribution in [1.29, 1.82) is 0 Å². The van der Waals surface area contributed by atoms with Gasteiger partial charge in [0.05, 0.1) is 0 Å². The molecule has 8 rings (SSSR count). The van der Waals surface area contributed by atoms with Crippen molar-refractivity contribution >= 4 is 43.1 Å². The molecule has 40 heavy (non-hydrogen) atoms. The zero-order valence-corrected chi connectivity index (χ0v) is 22.0. The average Bonchev–Trinajstić information content (AvgIpc) is 3.03. The van der Waals surface area contributed by atoms with E-state index < -0.39 is 0 Å². The lowest BCUT2D eigenvalue weighted by Crippen LogP contribution is -1.92. The molecule has 0 amide bonds. The highest BCUT2D eigenvalue weighted by atomic mass is 14.2. The Morgan fingerprint density at radius 1 is 0.250 bits per heavy atom. The van der Waals surface area contributed by atoms with Crippen LogP contribution >= 0.6 is 0 Å². The zero-order chi connectivity index (χ0) is 26.5. The van der Waals surface area contributed by atoms with Gasteiger partial charge in [0.25, 0.3) is 0 Å². The van der Waals surface area contributed by atoms with Crippen LogP contribution in [0.1, 0.15) is 0 Å². The highest BCUT2D eigenvalue weighted by Crippen LogP contribution is 2.46. The van der Waals surface area contributed by atoms with E-state index in [0.29, 0.717) is 0 Å². The fourth-order valence-electron chi connectivity index (χ4n) is 6.39. The maximum atomic E-state index is 2.41. The van der Waals surface area contributed by atoms with Gasteiger partial charge in [-0.1, -0.05) is 140 Å². The molecule has 0 aliphatic rings. The third kappa shape index (κ3) is 3.61. The van der Waals surface area contributed by atoms with E-state index in [9.17, 15) is 0 Å². The van der Waals surface area contributed by atoms with E-state index in [-0.39, 0.29) is 0 Å². The Morgan fingerprint density at radius 2 is 0.750 bits per heavy atom. The quantitative estimate of drug-likeness (QED) is 0.209. The number of hydrogen-bond donors (Lipinski definition) is 0. The predicted molar refractivity (Wildman–Crippen MR) is 173 cm³/mol. The van der Waals surface area contributed by atoms with E-state index >= 15 is 0 Å². The van der Waals surface area contributed by atoms with Crippen molar-refractivity contribution in [1.82, 2.24) is 0 Å². The van der Waals surface area contributed by atoms with E-state index in [1.165, 1.54) is 76.5 Å². The van der Waals surface area contributed by atoms with Crippen LogP contribution in [0.5, 0.6) is 0 Å². The van der Waals surface area contributed by atoms with Crippen molar-refractivity contribution in [2.75, 3.05) is 0 Å². The van der Waals surface area contributed by atoms with Gasteiger partial charge in [0.15, 0.2) is 0 Å². The van der Waals surface area contributed by atoms with Crippen molar-refractivity contribution in [3.63, 3.8) is 0 Å². The first-order valence-corrected chi connectivity index (χ1v) is 13.9. The Hall–Kier alpha value is -5.20. The average molecular weight is 507 g/mol. The Balaban J connectivity index is 1.50. The molecule has 0 atom stereocenters. The topological polar surface area (TPSA) is 0 Å². The summed E-state index contributed by atoms with van der Waals surface area (Å²) >= 11 is 0. The Morgan fingerprint density at radius 3 is 1.43 bits per heavy atom. The van der Waals surface area contributed by atoms with Gasteiger partial charge < -0.3 is 0 Å². The first-order chi connectivity index (χ1) is 19.8. The number of fused-ring (bicyclic) bond motifs is 4. The first-order valence-electron chi connectivity index (χ1n) is 13.9. The Kier molecular flexibility index (Phi) is 5.24. The van der Waals surface area contributed by atoms with Gasteiger partial charge in [-0.3, -0.25) is 0 Å². The van der Waals surface area contributed by atoms with Crippen LogP contribution in [-0.2, 0) is 0 Å². The van der Waals surface area contributed by atoms with E-state index in [1.54, 1.807) is 0 Å². The van der Waals surface area contributed by atoms with Gasteiger partial charge in [0.1, 0.15) is 0 Å². The minimum Gasteiger partial charge on any atom is -0.0622 e. The van der Waals surface area contributed by atoms with E-state index in [2.05, 4.69) is 158 Å². The highest BCUT2D eigenvalue weighted by Gasteiger charge is 2.18. The lowest BCUT2D eigenvalue weighted by molar-refractivity contribution is 1.65. The number of benzene rings is 8. The van der Waals surface area contributed by atoms with Crippen LogP contribution in [-0.4, -0.2) is 0 Å². The zero-order valence-electron chi connectivity index (χ0n) is 22.0. The van der Waals surface area contributed by atoms with Crippen LogP contribution in [0.15, 0.2) is 158 Å². The van der Waals surface area contributed by atoms with Crippen molar-refractivity contribution < 1.29 is 0 Å². The first kappa shape index (κ1) is 22.8. The van der Waals surface area contributed by atoms with Gasteiger partial charge >= 0.3 is 0 Å². The van der Waals surface area contributed by atoms with Gasteiger partial charge in [-0.25, -0.2) is 0 Å². The molecule has 0 aliphatic heterocycles. The van der Waals surface area contributed by atoms with Gasteiger partial charge in [-0.2, -0.15) is 0 Å². The highest BCUT2D eigenvalue weighted by molar-refractivity contribution is 6.23. The van der Waals surface area contributed by atoms with Crippen molar-refractivity contribution in [3.05, 3.63) is 158 Å². The molecule has 186 valence electrons. The Bertz CT molecular complexity index is 2150. The molecule has 0 radical (unpaired) electrons. The van der Waals surface area contributed by atoms with Gasteiger partial charge in [-0.15, -0.1) is 0 Å². The lowest BCUT2D eigenvalue weighted by atomic mass is 9.84. The minimum absolute atomic E-state index is 1.24. The third-order valence-corrected chi connectivity index (χ3v) is 8.21. The fraction of sp³-hybridized carbons (Fsp3) is 0. The predicted octanol–water partition coefficient (Wildman–Crippen LogP) is 11.3. The summed E-state index contributed by atoms with van der Waals surface area (Å²) in [5.41, 5.74) is 7.58. The van der Waals surface area contributed by atoms with Gasteiger partial charge in [0, 0.05) is 0 Å². The molecule has 0 aromatic heterocycles. The second kappa shape index (κ2) is 9.22. The summed E-state index contributed by atoms with van der Waals surface area (Å²) in [6, 6.07) is 57.6. The molecule has 0 spiro atoms. The molecule has 0 unspecified atom stereocenters. The number of hydrogen-bond acceptors (Lipinski definition) is 0. The molecular formula is C40H26. The molecular weight excluding hydrogens is 480 g/mol. The fourth-order valence-corrected chi connectivity index (χ4v) is 6.39. The van der Waals surface area contributed by atoms with Crippen LogP contribution in [0.2, 0.25) is 0 Å². The van der Waals surface area contributed by atoms with Crippen LogP contribution in [0.3, 0.4) is 0 Å². The molecule has 0 saturated carbocycles. The maximum Gasteiger partial charge on any atom is -0.00199 e. The van der Waals surface area contributed by atoms with E-state index in [4.69, 9.17) is 0 Å². The maximum absolute atomic E-state index is 2.41. The summed E-state index contributed by atoms with van der Waals surface area (Å²) < 4.78 is 0. The normalized spacial score (nSPS) is 11.5. The standard InChI is InChI=1S/C40H26/c1-2-13-28(14-3-1)39-34-18-8-10-20-36(34)40(37-21-11-9-19-35(37)39)38-26-32(25-31-16-6-7-17-33(31)38)30-23-22-27-12-4-5-15-29(27)24-30/h1-26H. The van der Waals surface area contributed by atoms with Crippen LogP contribution in [0, 0.1) is 0 Å². The third-order valence-electron chi connectivity index (χ3n) is 8.21. The van der Waals surface area contributed by atoms with Crippen molar-refractivity contribution in [3.8, 4) is 33.4 Å². The molecule has 0 nitrogen and oxygen atoms in total. The molecule has 0 heterocycles. The SMILES string of the molecule is c1ccc(-c2c3ccccc3c(-c3cc(-c4ccc5ccccc5c4)cc4ccccc34)c3ccccc23)cc1. The number of rotatable bonds is 3. The molecule has 0 N–H and O–H groups in total. The van der Waals surface area contributed by atoms with Crippen LogP contribution < -0.4 is 0 Å². The summed E-state index contributed by atoms with van der Waals surface area (Å²) in [5.74, 6) is 0. The molecule has 0 heteroatoms. The summed E-state index contributed by atoms with van der Waals surface area (Å²) in [7, 11) is 0. The summed E-state index contributed by atoms with van der Waals surface area (Å²) in [6.45, 7) is 0. The monoisotopic (exact) mass is 506 g/mol. The second-order valence-electron chi connectivity index (χ2n) is 10.5. The molecule has 0 fully saturated rings. The summed E-state index contributed by atoms with van der Waals surface area (Å²) in [4.78, 5) is 0. The Labute approximate surface area is 233 Å². The molecule has 0 saturated heterocycles. The van der Waals surface area contributed by atoms with E-state index in [1.807, 2.05) is 0 Å². The lowest BCUT2D eigenvalue weighted by Gasteiger charge is -2.19. The van der Waals surface area contributed by atoms with Crippen LogP contribution in [0.25, 0.3) is 76.5 Å².